The van der Waals surface area contributed by atoms with E-state index in [1.807, 2.05) is 79.7 Å². The molecule has 1 unspecified atom stereocenters. The zero-order chi connectivity index (χ0) is 30.1. The highest BCUT2D eigenvalue weighted by Crippen LogP contribution is 2.41. The number of hydrogen-bond donors (Lipinski definition) is 1. The Morgan fingerprint density at radius 3 is 2.02 bits per heavy atom. The highest BCUT2D eigenvalue weighted by atomic mass is 16.5. The smallest absolute Gasteiger partial charge is 0.251 e. The molecular weight excluding hydrogens is 532 g/mol. The van der Waals surface area contributed by atoms with Crippen molar-refractivity contribution in [3.05, 3.63) is 108 Å². The minimum absolute atomic E-state index is 0.104. The van der Waals surface area contributed by atoms with Gasteiger partial charge in [-0.25, -0.2) is 0 Å². The van der Waals surface area contributed by atoms with Gasteiger partial charge in [-0.05, 0) is 59.2 Å². The van der Waals surface area contributed by atoms with E-state index in [0.29, 0.717) is 28.5 Å². The number of rotatable bonds is 12. The van der Waals surface area contributed by atoms with Crippen molar-refractivity contribution in [2.45, 2.75) is 19.0 Å². The highest BCUT2D eigenvalue weighted by molar-refractivity contribution is 5.98. The Kier molecular flexibility index (Phi) is 9.99. The van der Waals surface area contributed by atoms with Crippen molar-refractivity contribution in [1.29, 1.82) is 0 Å². The van der Waals surface area contributed by atoms with Crippen molar-refractivity contribution in [3.63, 3.8) is 0 Å². The standard InChI is InChI=1S/C33H36N4O5/c1-36(2)27-15-13-26(14-16-27)35-33(39)31(25-19-28(40-3)32(42-5)29(20-25)41-4)37(22-24-12-9-17-34-21-24)30(38)18-23-10-7-6-8-11-23/h6-17,19-21,31H,18,22H2,1-5H3,(H,35,39). The van der Waals surface area contributed by atoms with Gasteiger partial charge in [0.25, 0.3) is 5.91 Å². The number of anilines is 2. The van der Waals surface area contributed by atoms with Crippen molar-refractivity contribution in [2.24, 2.45) is 0 Å². The molecule has 0 radical (unpaired) electrons. The average Bonchev–Trinajstić information content (AvgIpc) is 3.01. The second-order valence-electron chi connectivity index (χ2n) is 9.84. The van der Waals surface area contributed by atoms with Crippen LogP contribution in [0, 0.1) is 0 Å². The summed E-state index contributed by atoms with van der Waals surface area (Å²) in [4.78, 5) is 36.1. The first-order valence-corrected chi connectivity index (χ1v) is 13.4. The Balaban J connectivity index is 1.83. The van der Waals surface area contributed by atoms with Crippen LogP contribution in [0.15, 0.2) is 91.3 Å². The number of nitrogens with zero attached hydrogens (tertiary/aromatic N) is 3. The molecule has 2 amide bonds. The first-order chi connectivity index (χ1) is 20.3. The van der Waals surface area contributed by atoms with Gasteiger partial charge in [0, 0.05) is 44.4 Å². The van der Waals surface area contributed by atoms with Gasteiger partial charge < -0.3 is 29.3 Å². The van der Waals surface area contributed by atoms with Gasteiger partial charge in [-0.15, -0.1) is 0 Å². The van der Waals surface area contributed by atoms with Gasteiger partial charge >= 0.3 is 0 Å². The number of benzene rings is 3. The van der Waals surface area contributed by atoms with E-state index >= 15 is 0 Å². The van der Waals surface area contributed by atoms with Crippen molar-refractivity contribution >= 4 is 23.2 Å². The number of amides is 2. The Bertz CT molecular complexity index is 1450. The molecule has 0 spiro atoms. The number of nitrogens with one attached hydrogen (secondary N) is 1. The van der Waals surface area contributed by atoms with Crippen molar-refractivity contribution in [2.75, 3.05) is 45.6 Å². The van der Waals surface area contributed by atoms with Gasteiger partial charge in [0.1, 0.15) is 6.04 Å². The quantitative estimate of drug-likeness (QED) is 0.253. The van der Waals surface area contributed by atoms with E-state index in [-0.39, 0.29) is 18.9 Å². The molecule has 218 valence electrons. The van der Waals surface area contributed by atoms with Crippen LogP contribution in [0.4, 0.5) is 11.4 Å². The molecule has 0 aliphatic heterocycles. The molecule has 9 nitrogen and oxygen atoms in total. The molecule has 0 aliphatic carbocycles. The fourth-order valence-corrected chi connectivity index (χ4v) is 4.67. The lowest BCUT2D eigenvalue weighted by atomic mass is 10.00. The van der Waals surface area contributed by atoms with Crippen LogP contribution in [0.1, 0.15) is 22.7 Å². The van der Waals surface area contributed by atoms with E-state index in [2.05, 4.69) is 10.3 Å². The lowest BCUT2D eigenvalue weighted by Gasteiger charge is -2.32. The lowest BCUT2D eigenvalue weighted by Crippen LogP contribution is -2.41. The van der Waals surface area contributed by atoms with E-state index in [1.54, 1.807) is 35.5 Å². The largest absolute Gasteiger partial charge is 0.493 e. The number of pyridine rings is 1. The molecule has 0 aliphatic rings. The summed E-state index contributed by atoms with van der Waals surface area (Å²) in [6.45, 7) is 0.147. The van der Waals surface area contributed by atoms with Crippen LogP contribution in [-0.2, 0) is 22.6 Å². The van der Waals surface area contributed by atoms with Crippen LogP contribution in [0.25, 0.3) is 0 Å². The zero-order valence-corrected chi connectivity index (χ0v) is 24.5. The molecule has 3 aromatic carbocycles. The summed E-state index contributed by atoms with van der Waals surface area (Å²) in [5.41, 5.74) is 3.70. The summed E-state index contributed by atoms with van der Waals surface area (Å²) in [5, 5.41) is 3.02. The first-order valence-electron chi connectivity index (χ1n) is 13.4. The SMILES string of the molecule is COc1cc(C(C(=O)Nc2ccc(N(C)C)cc2)N(Cc2cccnc2)C(=O)Cc2ccccc2)cc(OC)c1OC. The van der Waals surface area contributed by atoms with Crippen LogP contribution in [0.2, 0.25) is 0 Å². The number of methoxy groups -OCH3 is 3. The van der Waals surface area contributed by atoms with Crippen LogP contribution >= 0.6 is 0 Å². The highest BCUT2D eigenvalue weighted by Gasteiger charge is 2.33. The maximum absolute atomic E-state index is 14.2. The average molecular weight is 569 g/mol. The summed E-state index contributed by atoms with van der Waals surface area (Å²) in [5.74, 6) is 0.499. The van der Waals surface area contributed by atoms with Gasteiger partial charge in [-0.2, -0.15) is 0 Å². The summed E-state index contributed by atoms with van der Waals surface area (Å²) in [6.07, 6.45) is 3.46. The fraction of sp³-hybridized carbons (Fsp3) is 0.242. The predicted molar refractivity (Wildman–Crippen MR) is 163 cm³/mol. The molecule has 0 saturated carbocycles. The third-order valence-electron chi connectivity index (χ3n) is 6.81. The molecule has 1 heterocycles. The number of hydrogen-bond acceptors (Lipinski definition) is 7. The number of aromatic nitrogens is 1. The molecule has 0 fully saturated rings. The van der Waals surface area contributed by atoms with Gasteiger partial charge in [0.2, 0.25) is 11.7 Å². The van der Waals surface area contributed by atoms with Gasteiger partial charge in [0.15, 0.2) is 11.5 Å². The van der Waals surface area contributed by atoms with Crippen molar-refractivity contribution < 1.29 is 23.8 Å². The fourth-order valence-electron chi connectivity index (χ4n) is 4.67. The van der Waals surface area contributed by atoms with Crippen molar-refractivity contribution in [3.8, 4) is 17.2 Å². The molecule has 1 atom stereocenters. The molecular formula is C33H36N4O5. The van der Waals surface area contributed by atoms with Gasteiger partial charge in [-0.3, -0.25) is 14.6 Å². The van der Waals surface area contributed by atoms with E-state index in [4.69, 9.17) is 14.2 Å². The number of carbonyl (C=O) groups is 2. The summed E-state index contributed by atoms with van der Waals surface area (Å²) in [6, 6.07) is 23.0. The minimum Gasteiger partial charge on any atom is -0.493 e. The topological polar surface area (TPSA) is 93.2 Å². The monoisotopic (exact) mass is 568 g/mol. The predicted octanol–water partition coefficient (Wildman–Crippen LogP) is 5.12. The van der Waals surface area contributed by atoms with E-state index in [0.717, 1.165) is 16.8 Å². The summed E-state index contributed by atoms with van der Waals surface area (Å²) < 4.78 is 16.7. The Morgan fingerprint density at radius 1 is 0.833 bits per heavy atom. The Labute approximate surface area is 246 Å². The number of carbonyl (C=O) groups excluding carboxylic acids is 2. The van der Waals surface area contributed by atoms with E-state index < -0.39 is 11.9 Å². The normalized spacial score (nSPS) is 11.3. The number of ether oxygens (including phenoxy) is 3. The summed E-state index contributed by atoms with van der Waals surface area (Å²) >= 11 is 0. The third-order valence-corrected chi connectivity index (χ3v) is 6.81. The molecule has 1 aromatic heterocycles. The van der Waals surface area contributed by atoms with Gasteiger partial charge in [0.05, 0.1) is 27.8 Å². The van der Waals surface area contributed by atoms with E-state index in [1.165, 1.54) is 21.3 Å². The zero-order valence-electron chi connectivity index (χ0n) is 24.5. The molecule has 9 heteroatoms. The van der Waals surface area contributed by atoms with Crippen LogP contribution in [0.5, 0.6) is 17.2 Å². The molecule has 0 bridgehead atoms. The summed E-state index contributed by atoms with van der Waals surface area (Å²) in [7, 11) is 8.43. The molecule has 1 N–H and O–H groups in total. The Morgan fingerprint density at radius 2 is 1.48 bits per heavy atom. The van der Waals surface area contributed by atoms with E-state index in [9.17, 15) is 9.59 Å². The lowest BCUT2D eigenvalue weighted by molar-refractivity contribution is -0.139. The molecule has 4 rings (SSSR count). The van der Waals surface area contributed by atoms with Gasteiger partial charge in [-0.1, -0.05) is 36.4 Å². The first kappa shape index (κ1) is 29.9. The van der Waals surface area contributed by atoms with Crippen LogP contribution in [0.3, 0.4) is 0 Å². The maximum Gasteiger partial charge on any atom is 0.251 e. The molecule has 42 heavy (non-hydrogen) atoms. The molecule has 0 saturated heterocycles. The maximum atomic E-state index is 14.2. The van der Waals surface area contributed by atoms with Crippen LogP contribution < -0.4 is 24.4 Å². The van der Waals surface area contributed by atoms with Crippen molar-refractivity contribution in [1.82, 2.24) is 9.88 Å². The molecule has 4 aromatic rings. The second kappa shape index (κ2) is 14.0. The third kappa shape index (κ3) is 7.17. The minimum atomic E-state index is -1.05. The Hall–Kier alpha value is -5.05. The van der Waals surface area contributed by atoms with Crippen LogP contribution in [-0.4, -0.2) is 57.1 Å². The second-order valence-corrected chi connectivity index (χ2v) is 9.84.